The van der Waals surface area contributed by atoms with E-state index in [1.165, 1.54) is 11.1 Å². The molecule has 1 aliphatic rings. The number of benzene rings is 2. The van der Waals surface area contributed by atoms with Crippen LogP contribution in [0, 0.1) is 0 Å². The van der Waals surface area contributed by atoms with Gasteiger partial charge in [0.05, 0.1) is 0 Å². The molecule has 0 spiro atoms. The Morgan fingerprint density at radius 2 is 1.88 bits per heavy atom. The van der Waals surface area contributed by atoms with Crippen LogP contribution in [-0.4, -0.2) is 44.4 Å². The fraction of sp³-hybridized carbons (Fsp3) is 0.400. The van der Waals surface area contributed by atoms with Crippen LogP contribution in [0.2, 0.25) is 0 Å². The van der Waals surface area contributed by atoms with Gasteiger partial charge in [-0.1, -0.05) is 42.5 Å². The van der Waals surface area contributed by atoms with Crippen molar-refractivity contribution in [3.05, 3.63) is 65.7 Å². The SMILES string of the molecule is NCCOc1cccc(C2(Cc3ccccc3)CN(CCF)C2)c1. The molecule has 1 fully saturated rings. The van der Waals surface area contributed by atoms with Crippen LogP contribution in [0.5, 0.6) is 5.75 Å². The van der Waals surface area contributed by atoms with Gasteiger partial charge in [-0.15, -0.1) is 0 Å². The number of nitrogens with zero attached hydrogens (tertiary/aromatic N) is 1. The van der Waals surface area contributed by atoms with Gasteiger partial charge in [0.15, 0.2) is 0 Å². The van der Waals surface area contributed by atoms with Gasteiger partial charge in [-0.25, -0.2) is 4.39 Å². The summed E-state index contributed by atoms with van der Waals surface area (Å²) in [6.07, 6.45) is 0.955. The molecule has 0 saturated carbocycles. The summed E-state index contributed by atoms with van der Waals surface area (Å²) >= 11 is 0. The molecule has 1 aliphatic heterocycles. The van der Waals surface area contributed by atoms with Crippen molar-refractivity contribution in [2.45, 2.75) is 11.8 Å². The lowest BCUT2D eigenvalue weighted by molar-refractivity contribution is 0.0587. The highest BCUT2D eigenvalue weighted by molar-refractivity contribution is 5.38. The van der Waals surface area contributed by atoms with Crippen molar-refractivity contribution in [1.82, 2.24) is 4.90 Å². The largest absolute Gasteiger partial charge is 0.492 e. The molecular weight excluding hydrogens is 303 g/mol. The first-order valence-electron chi connectivity index (χ1n) is 8.51. The fourth-order valence-corrected chi connectivity index (χ4v) is 3.56. The number of hydrogen-bond acceptors (Lipinski definition) is 3. The van der Waals surface area contributed by atoms with E-state index >= 15 is 0 Å². The third-order valence-electron chi connectivity index (χ3n) is 4.67. The van der Waals surface area contributed by atoms with Gasteiger partial charge in [0.25, 0.3) is 0 Å². The highest BCUT2D eigenvalue weighted by Crippen LogP contribution is 2.39. The van der Waals surface area contributed by atoms with E-state index in [1.807, 2.05) is 18.2 Å². The van der Waals surface area contributed by atoms with Gasteiger partial charge in [-0.05, 0) is 29.7 Å². The first-order chi connectivity index (χ1) is 11.8. The van der Waals surface area contributed by atoms with Crippen molar-refractivity contribution in [1.29, 1.82) is 0 Å². The van der Waals surface area contributed by atoms with Crippen molar-refractivity contribution in [3.63, 3.8) is 0 Å². The third kappa shape index (κ3) is 3.77. The Labute approximate surface area is 143 Å². The van der Waals surface area contributed by atoms with Gasteiger partial charge in [-0.3, -0.25) is 4.90 Å². The molecule has 24 heavy (non-hydrogen) atoms. The summed E-state index contributed by atoms with van der Waals surface area (Å²) in [4.78, 5) is 2.18. The molecule has 1 saturated heterocycles. The number of halogens is 1. The highest BCUT2D eigenvalue weighted by Gasteiger charge is 2.44. The molecule has 1 heterocycles. The maximum Gasteiger partial charge on any atom is 0.119 e. The van der Waals surface area contributed by atoms with Gasteiger partial charge in [-0.2, -0.15) is 0 Å². The zero-order valence-electron chi connectivity index (χ0n) is 14.0. The summed E-state index contributed by atoms with van der Waals surface area (Å²) in [5.41, 5.74) is 8.12. The predicted molar refractivity (Wildman–Crippen MR) is 95.2 cm³/mol. The maximum absolute atomic E-state index is 12.7. The van der Waals surface area contributed by atoms with Gasteiger partial charge in [0.1, 0.15) is 19.0 Å². The smallest absolute Gasteiger partial charge is 0.119 e. The molecule has 2 aromatic rings. The molecule has 2 aromatic carbocycles. The molecule has 4 heteroatoms. The number of hydrogen-bond donors (Lipinski definition) is 1. The van der Waals surface area contributed by atoms with Crippen LogP contribution >= 0.6 is 0 Å². The minimum absolute atomic E-state index is 0.0264. The Morgan fingerprint density at radius 1 is 1.08 bits per heavy atom. The summed E-state index contributed by atoms with van der Waals surface area (Å²) < 4.78 is 18.4. The van der Waals surface area contributed by atoms with Gasteiger partial charge < -0.3 is 10.5 Å². The zero-order valence-corrected chi connectivity index (χ0v) is 14.0. The van der Waals surface area contributed by atoms with E-state index < -0.39 is 0 Å². The lowest BCUT2D eigenvalue weighted by Crippen LogP contribution is -2.60. The maximum atomic E-state index is 12.7. The number of nitrogens with two attached hydrogens (primary N) is 1. The molecule has 0 bridgehead atoms. The number of alkyl halides is 1. The van der Waals surface area contributed by atoms with E-state index in [9.17, 15) is 4.39 Å². The predicted octanol–water partition coefficient (Wildman–Crippen LogP) is 2.79. The summed E-state index contributed by atoms with van der Waals surface area (Å²) in [5.74, 6) is 0.856. The molecule has 0 amide bonds. The summed E-state index contributed by atoms with van der Waals surface area (Å²) in [5, 5.41) is 0. The van der Waals surface area contributed by atoms with E-state index in [2.05, 4.69) is 41.3 Å². The van der Waals surface area contributed by atoms with E-state index in [0.717, 1.165) is 25.3 Å². The second kappa shape index (κ2) is 7.77. The Balaban J connectivity index is 1.83. The molecule has 3 nitrogen and oxygen atoms in total. The van der Waals surface area contributed by atoms with Crippen molar-refractivity contribution in [3.8, 4) is 5.75 Å². The molecule has 0 atom stereocenters. The number of ether oxygens (including phenoxy) is 1. The topological polar surface area (TPSA) is 38.5 Å². The van der Waals surface area contributed by atoms with E-state index in [1.54, 1.807) is 0 Å². The van der Waals surface area contributed by atoms with Crippen molar-refractivity contribution in [2.24, 2.45) is 5.73 Å². The van der Waals surface area contributed by atoms with Crippen LogP contribution < -0.4 is 10.5 Å². The minimum Gasteiger partial charge on any atom is -0.492 e. The lowest BCUT2D eigenvalue weighted by Gasteiger charge is -2.51. The second-order valence-electron chi connectivity index (χ2n) is 6.51. The number of likely N-dealkylation sites (tertiary alicyclic amines) is 1. The fourth-order valence-electron chi connectivity index (χ4n) is 3.56. The molecule has 2 N–H and O–H groups in total. The quantitative estimate of drug-likeness (QED) is 0.810. The van der Waals surface area contributed by atoms with Crippen LogP contribution in [0.25, 0.3) is 0 Å². The Kier molecular flexibility index (Phi) is 5.48. The van der Waals surface area contributed by atoms with Gasteiger partial charge >= 0.3 is 0 Å². The van der Waals surface area contributed by atoms with Crippen LogP contribution in [0.4, 0.5) is 4.39 Å². The standard InChI is InChI=1S/C20H25FN2O/c21-9-11-23-15-20(16-23,14-17-5-2-1-3-6-17)18-7-4-8-19(13-18)24-12-10-22/h1-8,13H,9-12,14-16,22H2. The first-order valence-corrected chi connectivity index (χ1v) is 8.51. The minimum atomic E-state index is -0.291. The molecule has 3 rings (SSSR count). The van der Waals surface area contributed by atoms with E-state index in [-0.39, 0.29) is 12.1 Å². The van der Waals surface area contributed by atoms with Crippen LogP contribution in [0.1, 0.15) is 11.1 Å². The summed E-state index contributed by atoms with van der Waals surface area (Å²) in [7, 11) is 0. The van der Waals surface area contributed by atoms with Crippen molar-refractivity contribution >= 4 is 0 Å². The lowest BCUT2D eigenvalue weighted by atomic mass is 9.69. The third-order valence-corrected chi connectivity index (χ3v) is 4.67. The second-order valence-corrected chi connectivity index (χ2v) is 6.51. The zero-order chi connectivity index (χ0) is 16.8. The molecule has 0 unspecified atom stereocenters. The van der Waals surface area contributed by atoms with Crippen LogP contribution in [-0.2, 0) is 11.8 Å². The average molecular weight is 328 g/mol. The number of rotatable bonds is 8. The summed E-state index contributed by atoms with van der Waals surface area (Å²) in [6.45, 7) is 3.01. The molecule has 0 aliphatic carbocycles. The van der Waals surface area contributed by atoms with Crippen molar-refractivity contribution in [2.75, 3.05) is 39.5 Å². The Morgan fingerprint density at radius 3 is 2.58 bits per heavy atom. The van der Waals surface area contributed by atoms with Crippen LogP contribution in [0.3, 0.4) is 0 Å². The summed E-state index contributed by atoms with van der Waals surface area (Å²) in [6, 6.07) is 18.8. The monoisotopic (exact) mass is 328 g/mol. The molecule has 0 radical (unpaired) electrons. The highest BCUT2D eigenvalue weighted by atomic mass is 19.1. The van der Waals surface area contributed by atoms with Gasteiger partial charge in [0, 0.05) is 31.6 Å². The van der Waals surface area contributed by atoms with E-state index in [0.29, 0.717) is 19.7 Å². The Bertz CT molecular complexity index is 641. The molecule has 128 valence electrons. The average Bonchev–Trinajstić information content (AvgIpc) is 2.59. The Hall–Kier alpha value is -1.91. The normalized spacial score (nSPS) is 16.6. The van der Waals surface area contributed by atoms with E-state index in [4.69, 9.17) is 10.5 Å². The van der Waals surface area contributed by atoms with Crippen molar-refractivity contribution < 1.29 is 9.13 Å². The first kappa shape index (κ1) is 16.9. The molecular formula is C20H25FN2O. The van der Waals surface area contributed by atoms with Crippen LogP contribution in [0.15, 0.2) is 54.6 Å². The van der Waals surface area contributed by atoms with Gasteiger partial charge in [0.2, 0.25) is 0 Å². The molecule has 0 aromatic heterocycles.